The molecule has 0 aliphatic heterocycles. The van der Waals surface area contributed by atoms with Crippen molar-refractivity contribution in [1.82, 2.24) is 9.97 Å². The summed E-state index contributed by atoms with van der Waals surface area (Å²) >= 11 is 0. The predicted octanol–water partition coefficient (Wildman–Crippen LogP) is 6.07. The highest BCUT2D eigenvalue weighted by atomic mass is 16.5. The monoisotopic (exact) mass is 398 g/mol. The number of hydrogen-bond acceptors (Lipinski definition) is 4. The molecule has 0 radical (unpaired) electrons. The van der Waals surface area contributed by atoms with Crippen LogP contribution in [0.1, 0.15) is 49.6 Å². The summed E-state index contributed by atoms with van der Waals surface area (Å²) in [5.74, 6) is 1.98. The lowest BCUT2D eigenvalue weighted by Gasteiger charge is -2.27. The molecule has 30 heavy (non-hydrogen) atoms. The SMILES string of the molecule is CCOc1cc(-c2ccc3c(c2)C=C2C=CCCC2C3)nc(C2=C(O)C=CCC2)n1. The molecule has 0 saturated heterocycles. The molecule has 0 fully saturated rings. The van der Waals surface area contributed by atoms with E-state index in [9.17, 15) is 5.11 Å². The van der Waals surface area contributed by atoms with Crippen LogP contribution >= 0.6 is 0 Å². The minimum absolute atomic E-state index is 0.242. The third-order valence-corrected chi connectivity index (χ3v) is 6.10. The Hall–Kier alpha value is -3.14. The van der Waals surface area contributed by atoms with E-state index in [4.69, 9.17) is 9.72 Å². The Morgan fingerprint density at radius 2 is 2.00 bits per heavy atom. The summed E-state index contributed by atoms with van der Waals surface area (Å²) in [7, 11) is 0. The van der Waals surface area contributed by atoms with Gasteiger partial charge in [-0.25, -0.2) is 4.98 Å². The fourth-order valence-electron chi connectivity index (χ4n) is 4.53. The van der Waals surface area contributed by atoms with Gasteiger partial charge in [-0.1, -0.05) is 36.4 Å². The Labute approximate surface area is 177 Å². The molecule has 3 aliphatic rings. The lowest BCUT2D eigenvalue weighted by molar-refractivity contribution is 0.326. The van der Waals surface area contributed by atoms with Gasteiger partial charge in [-0.2, -0.15) is 4.98 Å². The molecule has 5 rings (SSSR count). The molecule has 1 N–H and O–H groups in total. The van der Waals surface area contributed by atoms with Gasteiger partial charge in [-0.15, -0.1) is 0 Å². The van der Waals surface area contributed by atoms with E-state index >= 15 is 0 Å². The van der Waals surface area contributed by atoms with Crippen LogP contribution in [0.15, 0.2) is 59.9 Å². The van der Waals surface area contributed by atoms with E-state index in [1.54, 1.807) is 6.08 Å². The molecule has 1 heterocycles. The highest BCUT2D eigenvalue weighted by Crippen LogP contribution is 2.37. The maximum absolute atomic E-state index is 10.3. The molecule has 0 spiro atoms. The average Bonchev–Trinajstić information content (AvgIpc) is 2.77. The van der Waals surface area contributed by atoms with Gasteiger partial charge in [-0.05, 0) is 73.8 Å². The highest BCUT2D eigenvalue weighted by molar-refractivity contribution is 5.73. The number of aliphatic hydroxyl groups is 1. The smallest absolute Gasteiger partial charge is 0.217 e. The second-order valence-electron chi connectivity index (χ2n) is 8.09. The average molecular weight is 399 g/mol. The van der Waals surface area contributed by atoms with Crippen LogP contribution in [0.5, 0.6) is 5.88 Å². The van der Waals surface area contributed by atoms with Crippen molar-refractivity contribution < 1.29 is 9.84 Å². The number of aliphatic hydroxyl groups excluding tert-OH is 1. The molecule has 4 heteroatoms. The van der Waals surface area contributed by atoms with Crippen LogP contribution < -0.4 is 4.74 Å². The van der Waals surface area contributed by atoms with Crippen LogP contribution in [0.2, 0.25) is 0 Å². The van der Waals surface area contributed by atoms with Gasteiger partial charge in [0.05, 0.1) is 12.3 Å². The molecule has 3 aliphatic carbocycles. The maximum atomic E-state index is 10.3. The summed E-state index contributed by atoms with van der Waals surface area (Å²) in [6, 6.07) is 8.49. The van der Waals surface area contributed by atoms with Gasteiger partial charge in [0.1, 0.15) is 5.76 Å². The number of allylic oxidation sites excluding steroid dienone is 6. The van der Waals surface area contributed by atoms with Crippen molar-refractivity contribution >= 4 is 11.6 Å². The van der Waals surface area contributed by atoms with Crippen molar-refractivity contribution in [1.29, 1.82) is 0 Å². The van der Waals surface area contributed by atoms with Gasteiger partial charge in [-0.3, -0.25) is 0 Å². The summed E-state index contributed by atoms with van der Waals surface area (Å²) in [5, 5.41) is 10.3. The van der Waals surface area contributed by atoms with Crippen LogP contribution in [0.3, 0.4) is 0 Å². The van der Waals surface area contributed by atoms with E-state index in [1.807, 2.05) is 19.1 Å². The van der Waals surface area contributed by atoms with E-state index in [0.29, 0.717) is 24.2 Å². The van der Waals surface area contributed by atoms with E-state index in [0.717, 1.165) is 36.1 Å². The number of rotatable bonds is 4. The first-order chi connectivity index (χ1) is 14.7. The highest BCUT2D eigenvalue weighted by Gasteiger charge is 2.22. The van der Waals surface area contributed by atoms with Gasteiger partial charge in [0, 0.05) is 17.2 Å². The zero-order valence-corrected chi connectivity index (χ0v) is 17.3. The first-order valence-corrected chi connectivity index (χ1v) is 10.8. The third-order valence-electron chi connectivity index (χ3n) is 6.10. The quantitative estimate of drug-likeness (QED) is 0.679. The summed E-state index contributed by atoms with van der Waals surface area (Å²) < 4.78 is 5.72. The number of nitrogens with zero attached hydrogens (tertiary/aromatic N) is 2. The zero-order valence-electron chi connectivity index (χ0n) is 17.3. The van der Waals surface area contributed by atoms with Crippen LogP contribution in [-0.2, 0) is 6.42 Å². The Kier molecular flexibility index (Phi) is 4.99. The molecule has 0 bridgehead atoms. The normalized spacial score (nSPS) is 19.9. The van der Waals surface area contributed by atoms with Gasteiger partial charge < -0.3 is 9.84 Å². The van der Waals surface area contributed by atoms with Crippen molar-refractivity contribution in [3.63, 3.8) is 0 Å². The summed E-state index contributed by atoms with van der Waals surface area (Å²) in [4.78, 5) is 9.37. The standard InChI is InChI=1S/C26H26N2O2/c1-2-30-25-16-23(27-26(28-25)22-9-5-6-10-24(22)29)20-12-11-19-13-17-7-3-4-8-18(17)14-21(19)15-20/h4,6,8,10-12,14-17,29H,2-3,5,7,9,13H2,1H3. The Bertz CT molecular complexity index is 1110. The zero-order chi connectivity index (χ0) is 20.5. The van der Waals surface area contributed by atoms with Crippen molar-refractivity contribution in [3.05, 3.63) is 76.9 Å². The van der Waals surface area contributed by atoms with Crippen LogP contribution in [0, 0.1) is 5.92 Å². The number of benzene rings is 1. The van der Waals surface area contributed by atoms with Crippen molar-refractivity contribution in [3.8, 4) is 17.1 Å². The van der Waals surface area contributed by atoms with E-state index in [2.05, 4.69) is 41.4 Å². The van der Waals surface area contributed by atoms with Crippen molar-refractivity contribution in [2.45, 2.75) is 39.0 Å². The van der Waals surface area contributed by atoms with Crippen LogP contribution in [-0.4, -0.2) is 21.7 Å². The van der Waals surface area contributed by atoms with E-state index in [-0.39, 0.29) is 5.76 Å². The maximum Gasteiger partial charge on any atom is 0.217 e. The molecular formula is C26H26N2O2. The van der Waals surface area contributed by atoms with Gasteiger partial charge >= 0.3 is 0 Å². The number of hydrogen-bond donors (Lipinski definition) is 1. The lowest BCUT2D eigenvalue weighted by atomic mass is 9.78. The first kappa shape index (κ1) is 18.9. The molecule has 0 saturated carbocycles. The van der Waals surface area contributed by atoms with Gasteiger partial charge in [0.2, 0.25) is 5.88 Å². The minimum atomic E-state index is 0.242. The Balaban J connectivity index is 1.58. The summed E-state index contributed by atoms with van der Waals surface area (Å²) in [6.07, 6.45) is 15.7. The number of fused-ring (bicyclic) bond motifs is 2. The summed E-state index contributed by atoms with van der Waals surface area (Å²) in [6.45, 7) is 2.48. The van der Waals surface area contributed by atoms with Crippen LogP contribution in [0.4, 0.5) is 0 Å². The van der Waals surface area contributed by atoms with Crippen molar-refractivity contribution in [2.24, 2.45) is 5.92 Å². The summed E-state index contributed by atoms with van der Waals surface area (Å²) in [5.41, 5.74) is 6.75. The Morgan fingerprint density at radius 1 is 1.10 bits per heavy atom. The Morgan fingerprint density at radius 3 is 2.87 bits per heavy atom. The van der Waals surface area contributed by atoms with Crippen LogP contribution in [0.25, 0.3) is 22.9 Å². The second kappa shape index (κ2) is 7.94. The molecule has 152 valence electrons. The fourth-order valence-corrected chi connectivity index (χ4v) is 4.53. The molecule has 0 amide bonds. The fraction of sp³-hybridized carbons (Fsp3) is 0.308. The number of aromatic nitrogens is 2. The van der Waals surface area contributed by atoms with Gasteiger partial charge in [0.25, 0.3) is 0 Å². The molecule has 1 atom stereocenters. The number of ether oxygens (including phenoxy) is 1. The first-order valence-electron chi connectivity index (χ1n) is 10.8. The van der Waals surface area contributed by atoms with E-state index < -0.39 is 0 Å². The third kappa shape index (κ3) is 3.58. The topological polar surface area (TPSA) is 55.2 Å². The van der Waals surface area contributed by atoms with E-state index in [1.165, 1.54) is 29.5 Å². The molecule has 1 aromatic carbocycles. The largest absolute Gasteiger partial charge is 0.508 e. The molecule has 2 aromatic rings. The second-order valence-corrected chi connectivity index (χ2v) is 8.09. The van der Waals surface area contributed by atoms with Crippen molar-refractivity contribution in [2.75, 3.05) is 6.61 Å². The predicted molar refractivity (Wildman–Crippen MR) is 120 cm³/mol. The molecule has 4 nitrogen and oxygen atoms in total. The molecule has 1 unspecified atom stereocenters. The lowest BCUT2D eigenvalue weighted by Crippen LogP contribution is -2.14. The molecule has 1 aromatic heterocycles. The van der Waals surface area contributed by atoms with Gasteiger partial charge in [0.15, 0.2) is 5.82 Å². The molecular weight excluding hydrogens is 372 g/mol. The minimum Gasteiger partial charge on any atom is -0.508 e.